The van der Waals surface area contributed by atoms with Gasteiger partial charge < -0.3 is 19.5 Å². The van der Waals surface area contributed by atoms with Gasteiger partial charge in [-0.25, -0.2) is 0 Å². The summed E-state index contributed by atoms with van der Waals surface area (Å²) in [6.07, 6.45) is 1.84. The van der Waals surface area contributed by atoms with Crippen LogP contribution >= 0.6 is 12.2 Å². The predicted octanol–water partition coefficient (Wildman–Crippen LogP) is 7.46. The summed E-state index contributed by atoms with van der Waals surface area (Å²) in [6.45, 7) is 4.33. The monoisotopic (exact) mass is 516 g/mol. The van der Waals surface area contributed by atoms with Gasteiger partial charge in [-0.1, -0.05) is 42.5 Å². The highest BCUT2D eigenvalue weighted by Crippen LogP contribution is 2.44. The predicted molar refractivity (Wildman–Crippen MR) is 156 cm³/mol. The first-order valence-corrected chi connectivity index (χ1v) is 13.1. The van der Waals surface area contributed by atoms with E-state index in [0.717, 1.165) is 28.6 Å². The zero-order valence-corrected chi connectivity index (χ0v) is 22.1. The van der Waals surface area contributed by atoms with Gasteiger partial charge in [0.15, 0.2) is 5.11 Å². The zero-order chi connectivity index (χ0) is 26.1. The summed E-state index contributed by atoms with van der Waals surface area (Å²) < 4.78 is 8.34. The van der Waals surface area contributed by atoms with Crippen molar-refractivity contribution in [2.24, 2.45) is 0 Å². The molecule has 5 aromatic rings. The minimum absolute atomic E-state index is 0.0815. The third kappa shape index (κ3) is 4.44. The first-order chi connectivity index (χ1) is 18.6. The Bertz CT molecular complexity index is 1550. The van der Waals surface area contributed by atoms with E-state index >= 15 is 0 Å². The highest BCUT2D eigenvalue weighted by atomic mass is 32.1. The molecule has 38 heavy (non-hydrogen) atoms. The van der Waals surface area contributed by atoms with Crippen molar-refractivity contribution in [3.8, 4) is 17.2 Å². The lowest BCUT2D eigenvalue weighted by Gasteiger charge is -2.28. The minimum atomic E-state index is -0.103. The van der Waals surface area contributed by atoms with Crippen LogP contribution in [-0.4, -0.2) is 14.7 Å². The summed E-state index contributed by atoms with van der Waals surface area (Å²) in [5.41, 5.74) is 6.66. The lowest BCUT2D eigenvalue weighted by Crippen LogP contribution is -2.29. The molecule has 3 heterocycles. The van der Waals surface area contributed by atoms with Gasteiger partial charge in [-0.05, 0) is 98.4 Å². The fourth-order valence-corrected chi connectivity index (χ4v) is 5.66. The molecular formula is C32H28N4OS. The third-order valence-corrected chi connectivity index (χ3v) is 7.31. The molecule has 2 atom stereocenters. The Labute approximate surface area is 228 Å². The van der Waals surface area contributed by atoms with Crippen molar-refractivity contribution in [1.29, 1.82) is 0 Å². The van der Waals surface area contributed by atoms with Crippen LogP contribution in [-0.2, 0) is 0 Å². The van der Waals surface area contributed by atoms with Gasteiger partial charge in [0.1, 0.15) is 11.5 Å². The SMILES string of the molecule is Cc1cc([C@H]2[C@@H](c3ccccn3)NC(=S)N2c2ccc(Oc3ccccc3)cc2)c(C)n1-c1ccccc1. The molecule has 0 unspecified atom stereocenters. The van der Waals surface area contributed by atoms with Gasteiger partial charge in [0.2, 0.25) is 0 Å². The highest BCUT2D eigenvalue weighted by Gasteiger charge is 2.42. The van der Waals surface area contributed by atoms with Crippen molar-refractivity contribution in [1.82, 2.24) is 14.9 Å². The molecule has 3 aromatic carbocycles. The number of rotatable bonds is 6. The largest absolute Gasteiger partial charge is 0.457 e. The van der Waals surface area contributed by atoms with E-state index in [0.29, 0.717) is 5.11 Å². The number of aromatic nitrogens is 2. The van der Waals surface area contributed by atoms with E-state index in [1.54, 1.807) is 0 Å². The van der Waals surface area contributed by atoms with Crippen LogP contribution in [0.5, 0.6) is 11.5 Å². The average Bonchev–Trinajstić information content (AvgIpc) is 3.45. The zero-order valence-electron chi connectivity index (χ0n) is 21.3. The van der Waals surface area contributed by atoms with E-state index in [4.69, 9.17) is 21.9 Å². The summed E-state index contributed by atoms with van der Waals surface area (Å²) in [5, 5.41) is 4.24. The number of para-hydroxylation sites is 2. The number of thiocarbonyl (C=S) groups is 1. The van der Waals surface area contributed by atoms with E-state index in [-0.39, 0.29) is 12.1 Å². The molecule has 0 radical (unpaired) electrons. The van der Waals surface area contributed by atoms with Crippen LogP contribution in [0.25, 0.3) is 5.69 Å². The second-order valence-electron chi connectivity index (χ2n) is 9.40. The Morgan fingerprint density at radius 3 is 2.11 bits per heavy atom. The summed E-state index contributed by atoms with van der Waals surface area (Å²) in [4.78, 5) is 6.91. The number of hydrogen-bond acceptors (Lipinski definition) is 3. The molecule has 0 spiro atoms. The van der Waals surface area contributed by atoms with Crippen LogP contribution in [0.1, 0.15) is 34.7 Å². The van der Waals surface area contributed by atoms with E-state index in [1.165, 1.54) is 17.0 Å². The van der Waals surface area contributed by atoms with Gasteiger partial charge in [0.25, 0.3) is 0 Å². The van der Waals surface area contributed by atoms with Crippen molar-refractivity contribution >= 4 is 23.0 Å². The van der Waals surface area contributed by atoms with Crippen LogP contribution in [0.4, 0.5) is 5.69 Å². The van der Waals surface area contributed by atoms with Crippen molar-refractivity contribution < 1.29 is 4.74 Å². The van der Waals surface area contributed by atoms with Gasteiger partial charge in [-0.15, -0.1) is 0 Å². The number of nitrogens with zero attached hydrogens (tertiary/aromatic N) is 3. The molecule has 1 fully saturated rings. The maximum absolute atomic E-state index is 6.03. The molecule has 1 aliphatic rings. The Balaban J connectivity index is 1.42. The van der Waals surface area contributed by atoms with Gasteiger partial charge in [-0.2, -0.15) is 0 Å². The normalized spacial score (nSPS) is 16.9. The standard InChI is InChI=1S/C32H28N4OS/c1-22-21-28(23(2)35(22)24-11-5-3-6-12-24)31-30(29-15-9-10-20-33-29)34-32(38)36(31)25-16-18-27(19-17-25)37-26-13-7-4-8-14-26/h3-21,30-31H,1-2H3,(H,34,38)/t30-,31+/m1/s1. The lowest BCUT2D eigenvalue weighted by atomic mass is 9.96. The van der Waals surface area contributed by atoms with Gasteiger partial charge in [0.05, 0.1) is 17.8 Å². The lowest BCUT2D eigenvalue weighted by molar-refractivity contribution is 0.482. The number of benzene rings is 3. The minimum Gasteiger partial charge on any atom is -0.457 e. The van der Waals surface area contributed by atoms with E-state index < -0.39 is 0 Å². The summed E-state index contributed by atoms with van der Waals surface area (Å²) in [7, 11) is 0. The summed E-state index contributed by atoms with van der Waals surface area (Å²) in [5.74, 6) is 1.58. The first-order valence-electron chi connectivity index (χ1n) is 12.7. The Morgan fingerprint density at radius 2 is 1.42 bits per heavy atom. The Morgan fingerprint density at radius 1 is 0.763 bits per heavy atom. The molecule has 1 N–H and O–H groups in total. The Hall–Kier alpha value is -4.42. The quantitative estimate of drug-likeness (QED) is 0.237. The molecule has 0 saturated carbocycles. The van der Waals surface area contributed by atoms with Crippen molar-refractivity contribution in [3.05, 3.63) is 138 Å². The molecule has 188 valence electrons. The number of hydrogen-bond donors (Lipinski definition) is 1. The van der Waals surface area contributed by atoms with Crippen LogP contribution < -0.4 is 15.0 Å². The number of ether oxygens (including phenoxy) is 1. The van der Waals surface area contributed by atoms with Crippen molar-refractivity contribution in [2.75, 3.05) is 4.90 Å². The fourth-order valence-electron chi connectivity index (χ4n) is 5.31. The van der Waals surface area contributed by atoms with Gasteiger partial charge in [-0.3, -0.25) is 4.98 Å². The third-order valence-electron chi connectivity index (χ3n) is 7.00. The molecule has 1 aliphatic heterocycles. The van der Waals surface area contributed by atoms with E-state index in [9.17, 15) is 0 Å². The molecule has 6 rings (SSSR count). The number of pyridine rings is 1. The van der Waals surface area contributed by atoms with Crippen molar-refractivity contribution in [2.45, 2.75) is 25.9 Å². The molecule has 5 nitrogen and oxygen atoms in total. The Kier molecular flexibility index (Phi) is 6.40. The van der Waals surface area contributed by atoms with Crippen LogP contribution in [0.15, 0.2) is 115 Å². The van der Waals surface area contributed by atoms with Crippen molar-refractivity contribution in [3.63, 3.8) is 0 Å². The maximum Gasteiger partial charge on any atom is 0.174 e. The molecule has 1 saturated heterocycles. The molecular weight excluding hydrogens is 488 g/mol. The maximum atomic E-state index is 6.03. The molecule has 0 aliphatic carbocycles. The van der Waals surface area contributed by atoms with Crippen LogP contribution in [0, 0.1) is 13.8 Å². The topological polar surface area (TPSA) is 42.3 Å². The van der Waals surface area contributed by atoms with Crippen LogP contribution in [0.3, 0.4) is 0 Å². The summed E-state index contributed by atoms with van der Waals surface area (Å²) in [6, 6.07) is 36.5. The second-order valence-corrected chi connectivity index (χ2v) is 9.79. The second kappa shape index (κ2) is 10.1. The molecule has 0 bridgehead atoms. The highest BCUT2D eigenvalue weighted by molar-refractivity contribution is 7.80. The molecule has 6 heteroatoms. The summed E-state index contributed by atoms with van der Waals surface area (Å²) >= 11 is 5.94. The van der Waals surface area contributed by atoms with Gasteiger partial charge >= 0.3 is 0 Å². The van der Waals surface area contributed by atoms with Gasteiger partial charge in [0, 0.05) is 29.0 Å². The fraction of sp³-hybridized carbons (Fsp3) is 0.125. The number of aryl methyl sites for hydroxylation is 1. The number of anilines is 1. The molecule has 2 aromatic heterocycles. The van der Waals surface area contributed by atoms with E-state index in [2.05, 4.69) is 77.2 Å². The van der Waals surface area contributed by atoms with E-state index in [1.807, 2.05) is 66.9 Å². The molecule has 0 amide bonds. The first kappa shape index (κ1) is 23.9. The number of nitrogens with one attached hydrogen (secondary N) is 1. The average molecular weight is 517 g/mol. The van der Waals surface area contributed by atoms with Crippen LogP contribution in [0.2, 0.25) is 0 Å². The smallest absolute Gasteiger partial charge is 0.174 e.